The molecule has 0 bridgehead atoms. The Labute approximate surface area is 160 Å². The summed E-state index contributed by atoms with van der Waals surface area (Å²) in [5.41, 5.74) is 2.27. The first-order valence-corrected chi connectivity index (χ1v) is 9.77. The maximum absolute atomic E-state index is 12.9. The van der Waals surface area contributed by atoms with Crippen LogP contribution in [0.4, 0.5) is 0 Å². The molecule has 0 saturated carbocycles. The molecule has 1 unspecified atom stereocenters. The Morgan fingerprint density at radius 3 is 2.70 bits per heavy atom. The van der Waals surface area contributed by atoms with Crippen LogP contribution in [0.15, 0.2) is 18.7 Å². The second kappa shape index (κ2) is 8.50. The average Bonchev–Trinajstić information content (AvgIpc) is 3.25. The summed E-state index contributed by atoms with van der Waals surface area (Å²) in [7, 11) is 0. The van der Waals surface area contributed by atoms with Crippen LogP contribution in [0.1, 0.15) is 60.8 Å². The molecule has 1 aliphatic rings. The molecule has 1 atom stereocenters. The molecule has 1 aliphatic heterocycles. The third-order valence-corrected chi connectivity index (χ3v) is 5.50. The van der Waals surface area contributed by atoms with Gasteiger partial charge in [-0.05, 0) is 46.5 Å². The number of hydrogen-bond acceptors (Lipinski definition) is 4. The van der Waals surface area contributed by atoms with E-state index in [2.05, 4.69) is 19.5 Å². The number of imidazole rings is 1. The lowest BCUT2D eigenvalue weighted by atomic mass is 9.98. The standard InChI is InChI=1S/C20H29N5O2/c1-15-20(17(3)26)16(2)25(22-15)12-8-19(27)24-10-5-4-6-18(24)7-11-23-13-9-21-14-23/h9,13-14,18H,4-8,10-12H2,1-3H3. The van der Waals surface area contributed by atoms with E-state index in [-0.39, 0.29) is 11.7 Å². The highest BCUT2D eigenvalue weighted by atomic mass is 16.2. The van der Waals surface area contributed by atoms with Gasteiger partial charge in [0.25, 0.3) is 0 Å². The smallest absolute Gasteiger partial charge is 0.224 e. The van der Waals surface area contributed by atoms with Crippen molar-refractivity contribution in [2.24, 2.45) is 0 Å². The van der Waals surface area contributed by atoms with Gasteiger partial charge in [-0.15, -0.1) is 0 Å². The highest BCUT2D eigenvalue weighted by molar-refractivity contribution is 5.96. The molecule has 3 rings (SSSR count). The predicted octanol–water partition coefficient (Wildman–Crippen LogP) is 2.76. The molecule has 146 valence electrons. The predicted molar refractivity (Wildman–Crippen MR) is 103 cm³/mol. The van der Waals surface area contributed by atoms with E-state index in [1.807, 2.05) is 26.4 Å². The summed E-state index contributed by atoms with van der Waals surface area (Å²) in [6.07, 6.45) is 10.3. The zero-order chi connectivity index (χ0) is 19.4. The Balaban J connectivity index is 1.60. The molecular weight excluding hydrogens is 342 g/mol. The van der Waals surface area contributed by atoms with Crippen molar-refractivity contribution in [1.82, 2.24) is 24.2 Å². The number of carbonyl (C=O) groups is 2. The molecule has 0 N–H and O–H groups in total. The van der Waals surface area contributed by atoms with E-state index in [1.165, 1.54) is 6.42 Å². The van der Waals surface area contributed by atoms with E-state index in [1.54, 1.807) is 17.8 Å². The Kier molecular flexibility index (Phi) is 6.08. The van der Waals surface area contributed by atoms with Crippen molar-refractivity contribution in [2.45, 2.75) is 72.0 Å². The molecule has 0 aromatic carbocycles. The monoisotopic (exact) mass is 371 g/mol. The highest BCUT2D eigenvalue weighted by Gasteiger charge is 2.26. The largest absolute Gasteiger partial charge is 0.340 e. The second-order valence-corrected chi connectivity index (χ2v) is 7.40. The van der Waals surface area contributed by atoms with Crippen LogP contribution < -0.4 is 0 Å². The lowest BCUT2D eigenvalue weighted by molar-refractivity contribution is -0.135. The quantitative estimate of drug-likeness (QED) is 0.702. The van der Waals surface area contributed by atoms with Crippen LogP contribution in [-0.2, 0) is 17.9 Å². The molecule has 1 fully saturated rings. The molecule has 3 heterocycles. The summed E-state index contributed by atoms with van der Waals surface area (Å²) in [6, 6.07) is 0.293. The molecule has 7 heteroatoms. The average molecular weight is 371 g/mol. The zero-order valence-electron chi connectivity index (χ0n) is 16.5. The minimum atomic E-state index is 0.0261. The number of likely N-dealkylation sites (tertiary alicyclic amines) is 1. The molecule has 1 saturated heterocycles. The fourth-order valence-electron chi connectivity index (χ4n) is 4.12. The van der Waals surface area contributed by atoms with Gasteiger partial charge in [-0.25, -0.2) is 4.98 Å². The van der Waals surface area contributed by atoms with Gasteiger partial charge >= 0.3 is 0 Å². The van der Waals surface area contributed by atoms with E-state index < -0.39 is 0 Å². The van der Waals surface area contributed by atoms with Crippen molar-refractivity contribution in [1.29, 1.82) is 0 Å². The molecule has 7 nitrogen and oxygen atoms in total. The minimum Gasteiger partial charge on any atom is -0.340 e. The van der Waals surface area contributed by atoms with Gasteiger partial charge in [-0.3, -0.25) is 14.3 Å². The van der Waals surface area contributed by atoms with Gasteiger partial charge in [0.15, 0.2) is 5.78 Å². The minimum absolute atomic E-state index is 0.0261. The van der Waals surface area contributed by atoms with Gasteiger partial charge in [0.2, 0.25) is 5.91 Å². The fraction of sp³-hybridized carbons (Fsp3) is 0.600. The van der Waals surface area contributed by atoms with Crippen molar-refractivity contribution in [3.8, 4) is 0 Å². The van der Waals surface area contributed by atoms with E-state index in [9.17, 15) is 9.59 Å². The Bertz CT molecular complexity index is 794. The number of nitrogens with zero attached hydrogens (tertiary/aromatic N) is 5. The number of rotatable bonds is 7. The van der Waals surface area contributed by atoms with Crippen molar-refractivity contribution < 1.29 is 9.59 Å². The number of piperidine rings is 1. The topological polar surface area (TPSA) is 73.0 Å². The van der Waals surface area contributed by atoms with Crippen LogP contribution >= 0.6 is 0 Å². The van der Waals surface area contributed by atoms with Crippen molar-refractivity contribution in [2.75, 3.05) is 6.54 Å². The molecule has 0 aliphatic carbocycles. The summed E-state index contributed by atoms with van der Waals surface area (Å²) in [6.45, 7) is 7.54. The molecule has 0 spiro atoms. The third kappa shape index (κ3) is 4.46. The zero-order valence-corrected chi connectivity index (χ0v) is 16.5. The number of amides is 1. The Hall–Kier alpha value is -2.44. The summed E-state index contributed by atoms with van der Waals surface area (Å²) >= 11 is 0. The van der Waals surface area contributed by atoms with Gasteiger partial charge in [0, 0.05) is 50.2 Å². The summed E-state index contributed by atoms with van der Waals surface area (Å²) < 4.78 is 3.87. The van der Waals surface area contributed by atoms with Crippen LogP contribution in [0.5, 0.6) is 0 Å². The maximum Gasteiger partial charge on any atom is 0.224 e. The number of carbonyl (C=O) groups excluding carboxylic acids is 2. The van der Waals surface area contributed by atoms with Crippen molar-refractivity contribution in [3.05, 3.63) is 35.7 Å². The first-order valence-electron chi connectivity index (χ1n) is 9.77. The fourth-order valence-corrected chi connectivity index (χ4v) is 4.12. The number of aryl methyl sites for hydroxylation is 3. The van der Waals surface area contributed by atoms with Crippen LogP contribution in [-0.4, -0.2) is 48.5 Å². The van der Waals surface area contributed by atoms with Gasteiger partial charge in [-0.1, -0.05) is 0 Å². The Morgan fingerprint density at radius 1 is 1.22 bits per heavy atom. The second-order valence-electron chi connectivity index (χ2n) is 7.40. The van der Waals surface area contributed by atoms with Crippen LogP contribution in [0, 0.1) is 13.8 Å². The lowest BCUT2D eigenvalue weighted by Crippen LogP contribution is -2.44. The van der Waals surface area contributed by atoms with E-state index in [0.29, 0.717) is 24.6 Å². The van der Waals surface area contributed by atoms with Gasteiger partial charge in [0.05, 0.1) is 17.6 Å². The number of hydrogen-bond donors (Lipinski definition) is 0. The molecule has 1 amide bonds. The molecule has 0 radical (unpaired) electrons. The van der Waals surface area contributed by atoms with Gasteiger partial charge in [-0.2, -0.15) is 5.10 Å². The van der Waals surface area contributed by atoms with Crippen LogP contribution in [0.3, 0.4) is 0 Å². The highest BCUT2D eigenvalue weighted by Crippen LogP contribution is 2.22. The lowest BCUT2D eigenvalue weighted by Gasteiger charge is -2.36. The van der Waals surface area contributed by atoms with E-state index >= 15 is 0 Å². The number of ketones is 1. The summed E-state index contributed by atoms with van der Waals surface area (Å²) in [5, 5.41) is 4.45. The van der Waals surface area contributed by atoms with Crippen LogP contribution in [0.25, 0.3) is 0 Å². The SMILES string of the molecule is CC(=O)c1c(C)nn(CCC(=O)N2CCCCC2CCn2ccnc2)c1C. The van der Waals surface area contributed by atoms with E-state index in [4.69, 9.17) is 0 Å². The van der Waals surface area contributed by atoms with E-state index in [0.717, 1.165) is 43.7 Å². The summed E-state index contributed by atoms with van der Waals surface area (Å²) in [5.74, 6) is 0.209. The molecule has 2 aromatic rings. The van der Waals surface area contributed by atoms with Crippen molar-refractivity contribution >= 4 is 11.7 Å². The van der Waals surface area contributed by atoms with Crippen LogP contribution in [0.2, 0.25) is 0 Å². The van der Waals surface area contributed by atoms with Gasteiger partial charge in [0.1, 0.15) is 0 Å². The first kappa shape index (κ1) is 19.3. The maximum atomic E-state index is 12.9. The third-order valence-electron chi connectivity index (χ3n) is 5.50. The summed E-state index contributed by atoms with van der Waals surface area (Å²) in [4.78, 5) is 30.8. The first-order chi connectivity index (χ1) is 13.0. The molecular formula is C20H29N5O2. The Morgan fingerprint density at radius 2 is 2.04 bits per heavy atom. The number of Topliss-reactive ketones (excluding diaryl/α,β-unsaturated/α-hetero) is 1. The van der Waals surface area contributed by atoms with Gasteiger partial charge < -0.3 is 9.47 Å². The normalized spacial score (nSPS) is 17.3. The molecule has 2 aromatic heterocycles. The molecule has 27 heavy (non-hydrogen) atoms. The van der Waals surface area contributed by atoms with Crippen molar-refractivity contribution in [3.63, 3.8) is 0 Å². The number of aromatic nitrogens is 4.